The van der Waals surface area contributed by atoms with Crippen LogP contribution in [0.2, 0.25) is 0 Å². The predicted molar refractivity (Wildman–Crippen MR) is 75.8 cm³/mol. The number of carbonyl (C=O) groups is 2. The van der Waals surface area contributed by atoms with Gasteiger partial charge in [0.1, 0.15) is 0 Å². The molecule has 0 aromatic carbocycles. The monoisotopic (exact) mass is 291 g/mol. The molecule has 1 unspecified atom stereocenters. The lowest BCUT2D eigenvalue weighted by Crippen LogP contribution is -2.36. The third-order valence-corrected chi connectivity index (χ3v) is 3.54. The molecule has 0 saturated carbocycles. The maximum atomic E-state index is 11.9. The van der Waals surface area contributed by atoms with E-state index in [-0.39, 0.29) is 0 Å². The first-order valence-electron chi connectivity index (χ1n) is 5.83. The van der Waals surface area contributed by atoms with Crippen LogP contribution in [-0.2, 0) is 4.79 Å². The molecule has 2 heterocycles. The fraction of sp³-hybridized carbons (Fsp3) is 0.154. The Hall–Kier alpha value is -2.41. The number of urea groups is 1. The van der Waals surface area contributed by atoms with Crippen LogP contribution in [0.3, 0.4) is 0 Å². The minimum atomic E-state index is -1.11. The summed E-state index contributed by atoms with van der Waals surface area (Å²) in [5, 5.41) is 15.9. The van der Waals surface area contributed by atoms with Crippen LogP contribution in [-0.4, -0.2) is 22.1 Å². The normalized spacial score (nSPS) is 11.7. The zero-order valence-electron chi connectivity index (χ0n) is 10.7. The molecule has 2 amide bonds. The van der Waals surface area contributed by atoms with Crippen molar-refractivity contribution in [3.63, 3.8) is 0 Å². The van der Waals surface area contributed by atoms with Gasteiger partial charge in [0.05, 0.1) is 11.4 Å². The van der Waals surface area contributed by atoms with Crippen LogP contribution in [0, 0.1) is 6.92 Å². The van der Waals surface area contributed by atoms with Crippen LogP contribution >= 0.6 is 11.3 Å². The fourth-order valence-electron chi connectivity index (χ4n) is 1.62. The van der Waals surface area contributed by atoms with Gasteiger partial charge in [-0.15, -0.1) is 11.3 Å². The van der Waals surface area contributed by atoms with Crippen LogP contribution in [0.4, 0.5) is 10.5 Å². The van der Waals surface area contributed by atoms with Crippen molar-refractivity contribution in [1.29, 1.82) is 0 Å². The standard InChI is InChI=1S/C13H13N3O3S/c1-8-9(4-2-6-14-8)15-13(19)16-11(12(17)18)10-5-3-7-20-10/h2-7,11H,1H3,(H,17,18)(H2,15,16,19). The van der Waals surface area contributed by atoms with Crippen LogP contribution in [0.25, 0.3) is 0 Å². The number of thiophene rings is 1. The number of hydrogen-bond acceptors (Lipinski definition) is 4. The van der Waals surface area contributed by atoms with E-state index < -0.39 is 18.0 Å². The molecule has 0 aliphatic carbocycles. The van der Waals surface area contributed by atoms with E-state index in [0.29, 0.717) is 16.3 Å². The summed E-state index contributed by atoms with van der Waals surface area (Å²) in [6.45, 7) is 1.75. The van der Waals surface area contributed by atoms with Crippen LogP contribution in [0.1, 0.15) is 16.6 Å². The van der Waals surface area contributed by atoms with Crippen molar-refractivity contribution in [1.82, 2.24) is 10.3 Å². The molecule has 0 aliphatic heterocycles. The molecule has 0 aliphatic rings. The molecular weight excluding hydrogens is 278 g/mol. The maximum absolute atomic E-state index is 11.9. The van der Waals surface area contributed by atoms with Gasteiger partial charge in [0.15, 0.2) is 6.04 Å². The van der Waals surface area contributed by atoms with Gasteiger partial charge in [-0.1, -0.05) is 6.07 Å². The number of hydrogen-bond donors (Lipinski definition) is 3. The number of carbonyl (C=O) groups excluding carboxylic acids is 1. The summed E-state index contributed by atoms with van der Waals surface area (Å²) in [5.41, 5.74) is 1.20. The van der Waals surface area contributed by atoms with E-state index in [2.05, 4.69) is 15.6 Å². The lowest BCUT2D eigenvalue weighted by Gasteiger charge is -2.14. The van der Waals surface area contributed by atoms with Crippen molar-refractivity contribution in [3.05, 3.63) is 46.4 Å². The number of anilines is 1. The predicted octanol–water partition coefficient (Wildman–Crippen LogP) is 2.40. The Labute approximate surface area is 119 Å². The molecule has 0 radical (unpaired) electrons. The van der Waals surface area contributed by atoms with Crippen molar-refractivity contribution < 1.29 is 14.7 Å². The highest BCUT2D eigenvalue weighted by Gasteiger charge is 2.23. The molecule has 0 spiro atoms. The summed E-state index contributed by atoms with van der Waals surface area (Å²) < 4.78 is 0. The van der Waals surface area contributed by atoms with Gasteiger partial charge in [-0.2, -0.15) is 0 Å². The molecular formula is C13H13N3O3S. The molecule has 0 saturated heterocycles. The van der Waals surface area contributed by atoms with Crippen molar-refractivity contribution in [2.45, 2.75) is 13.0 Å². The number of nitrogens with one attached hydrogen (secondary N) is 2. The van der Waals surface area contributed by atoms with Gasteiger partial charge in [-0.25, -0.2) is 9.59 Å². The second kappa shape index (κ2) is 6.16. The fourth-order valence-corrected chi connectivity index (χ4v) is 2.38. The van der Waals surface area contributed by atoms with Crippen LogP contribution < -0.4 is 10.6 Å². The zero-order chi connectivity index (χ0) is 14.5. The third kappa shape index (κ3) is 3.33. The average Bonchev–Trinajstić information content (AvgIpc) is 2.92. The van der Waals surface area contributed by atoms with E-state index in [1.807, 2.05) is 0 Å². The SMILES string of the molecule is Cc1ncccc1NC(=O)NC(C(=O)O)c1cccs1. The number of nitrogens with zero attached hydrogens (tertiary/aromatic N) is 1. The molecule has 20 heavy (non-hydrogen) atoms. The summed E-state index contributed by atoms with van der Waals surface area (Å²) in [6.07, 6.45) is 1.62. The largest absolute Gasteiger partial charge is 0.479 e. The van der Waals surface area contributed by atoms with Gasteiger partial charge in [0.2, 0.25) is 0 Å². The number of aliphatic carboxylic acids is 1. The molecule has 0 fully saturated rings. The Morgan fingerprint density at radius 2 is 2.15 bits per heavy atom. The number of pyridine rings is 1. The van der Waals surface area contributed by atoms with Gasteiger partial charge in [-0.3, -0.25) is 4.98 Å². The minimum absolute atomic E-state index is 0.542. The summed E-state index contributed by atoms with van der Waals surface area (Å²) in [4.78, 5) is 27.7. The molecule has 2 rings (SSSR count). The Balaban J connectivity index is 2.06. The molecule has 1 atom stereocenters. The number of carboxylic acids is 1. The zero-order valence-corrected chi connectivity index (χ0v) is 11.5. The number of carboxylic acid groups (broad SMARTS) is 1. The highest BCUT2D eigenvalue weighted by molar-refractivity contribution is 7.10. The van der Waals surface area contributed by atoms with Crippen molar-refractivity contribution >= 4 is 29.0 Å². The van der Waals surface area contributed by atoms with Crippen molar-refractivity contribution in [3.8, 4) is 0 Å². The van der Waals surface area contributed by atoms with E-state index >= 15 is 0 Å². The van der Waals surface area contributed by atoms with E-state index in [4.69, 9.17) is 5.11 Å². The number of amides is 2. The second-order valence-electron chi connectivity index (χ2n) is 4.02. The summed E-state index contributed by atoms with van der Waals surface area (Å²) in [6, 6.07) is 5.15. The van der Waals surface area contributed by atoms with Crippen LogP contribution in [0.15, 0.2) is 35.8 Å². The molecule has 6 nitrogen and oxygen atoms in total. The highest BCUT2D eigenvalue weighted by atomic mass is 32.1. The van der Waals surface area contributed by atoms with Crippen molar-refractivity contribution in [2.75, 3.05) is 5.32 Å². The first kappa shape index (κ1) is 14.0. The molecule has 7 heteroatoms. The first-order chi connectivity index (χ1) is 9.58. The molecule has 0 bridgehead atoms. The maximum Gasteiger partial charge on any atom is 0.331 e. The van der Waals surface area contributed by atoms with Gasteiger partial charge in [0, 0.05) is 11.1 Å². The lowest BCUT2D eigenvalue weighted by molar-refractivity contribution is -0.139. The first-order valence-corrected chi connectivity index (χ1v) is 6.71. The van der Waals surface area contributed by atoms with Gasteiger partial charge >= 0.3 is 12.0 Å². The van der Waals surface area contributed by atoms with E-state index in [0.717, 1.165) is 0 Å². The smallest absolute Gasteiger partial charge is 0.331 e. The number of rotatable bonds is 4. The van der Waals surface area contributed by atoms with E-state index in [1.165, 1.54) is 11.3 Å². The summed E-state index contributed by atoms with van der Waals surface area (Å²) in [5.74, 6) is -1.11. The van der Waals surface area contributed by atoms with Crippen molar-refractivity contribution in [2.24, 2.45) is 0 Å². The summed E-state index contributed by atoms with van der Waals surface area (Å²) in [7, 11) is 0. The topological polar surface area (TPSA) is 91.3 Å². The van der Waals surface area contributed by atoms with E-state index in [9.17, 15) is 9.59 Å². The third-order valence-electron chi connectivity index (χ3n) is 2.61. The number of aromatic nitrogens is 1. The Kier molecular flexibility index (Phi) is 4.31. The van der Waals surface area contributed by atoms with Gasteiger partial charge in [0.25, 0.3) is 0 Å². The van der Waals surface area contributed by atoms with Gasteiger partial charge < -0.3 is 15.7 Å². The Morgan fingerprint density at radius 3 is 2.75 bits per heavy atom. The van der Waals surface area contributed by atoms with Gasteiger partial charge in [-0.05, 0) is 30.5 Å². The summed E-state index contributed by atoms with van der Waals surface area (Å²) >= 11 is 1.28. The second-order valence-corrected chi connectivity index (χ2v) is 5.00. The molecule has 2 aromatic rings. The Morgan fingerprint density at radius 1 is 1.35 bits per heavy atom. The minimum Gasteiger partial charge on any atom is -0.479 e. The van der Waals surface area contributed by atoms with Crippen LogP contribution in [0.5, 0.6) is 0 Å². The Bertz CT molecular complexity index is 613. The highest BCUT2D eigenvalue weighted by Crippen LogP contribution is 2.19. The number of aryl methyl sites for hydroxylation is 1. The van der Waals surface area contributed by atoms with E-state index in [1.54, 1.807) is 42.8 Å². The molecule has 2 aromatic heterocycles. The average molecular weight is 291 g/mol. The molecule has 3 N–H and O–H groups in total. The lowest BCUT2D eigenvalue weighted by atomic mass is 10.2. The molecule has 104 valence electrons. The quantitative estimate of drug-likeness (QED) is 0.806.